The number of ether oxygens (including phenoxy) is 1. The zero-order valence-electron chi connectivity index (χ0n) is 11.4. The largest absolute Gasteiger partial charge is 0.469 e. The van der Waals surface area contributed by atoms with Gasteiger partial charge in [0.25, 0.3) is 0 Å². The molecule has 1 aliphatic heterocycles. The maximum absolute atomic E-state index is 11.1. The van der Waals surface area contributed by atoms with Crippen LogP contribution in [0.3, 0.4) is 0 Å². The molecule has 2 rings (SSSR count). The van der Waals surface area contributed by atoms with Gasteiger partial charge in [-0.15, -0.1) is 5.10 Å². The van der Waals surface area contributed by atoms with Crippen molar-refractivity contribution >= 4 is 11.8 Å². The number of methoxy groups -OCH3 is 1. The number of carbonyl (C=O) groups excluding carboxylic acids is 1. The molecule has 0 aromatic carbocycles. The highest BCUT2D eigenvalue weighted by molar-refractivity contribution is 5.69. The molecule has 0 unspecified atom stereocenters. The van der Waals surface area contributed by atoms with Crippen molar-refractivity contribution < 1.29 is 9.53 Å². The lowest BCUT2D eigenvalue weighted by Crippen LogP contribution is -2.47. The summed E-state index contributed by atoms with van der Waals surface area (Å²) in [7, 11) is 1.40. The summed E-state index contributed by atoms with van der Waals surface area (Å²) in [4.78, 5) is 15.4. The Kier molecular flexibility index (Phi) is 4.85. The number of carbonyl (C=O) groups is 1. The van der Waals surface area contributed by atoms with Gasteiger partial charge < -0.3 is 9.64 Å². The lowest BCUT2D eigenvalue weighted by Gasteiger charge is -2.35. The second-order valence-electron chi connectivity index (χ2n) is 4.54. The van der Waals surface area contributed by atoms with Gasteiger partial charge in [0.15, 0.2) is 5.82 Å². The summed E-state index contributed by atoms with van der Waals surface area (Å²) in [5.74, 6) is 0.454. The zero-order chi connectivity index (χ0) is 14.4. The highest BCUT2D eigenvalue weighted by Gasteiger charge is 2.20. The molecule has 20 heavy (non-hydrogen) atoms. The quantitative estimate of drug-likeness (QED) is 0.717. The average molecular weight is 275 g/mol. The van der Waals surface area contributed by atoms with Gasteiger partial charge in [0.2, 0.25) is 0 Å². The van der Waals surface area contributed by atoms with Crippen molar-refractivity contribution in [1.29, 1.82) is 5.26 Å². The minimum atomic E-state index is -0.187. The molecule has 0 bridgehead atoms. The van der Waals surface area contributed by atoms with Gasteiger partial charge in [-0.1, -0.05) is 0 Å². The Labute approximate surface area is 117 Å². The molecular formula is C13H17N5O2. The molecule has 0 aliphatic carbocycles. The van der Waals surface area contributed by atoms with E-state index < -0.39 is 0 Å². The number of hydrogen-bond donors (Lipinski definition) is 0. The van der Waals surface area contributed by atoms with E-state index in [1.165, 1.54) is 13.3 Å². The maximum atomic E-state index is 11.1. The topological polar surface area (TPSA) is 82.3 Å². The van der Waals surface area contributed by atoms with E-state index in [2.05, 4.69) is 30.8 Å². The fourth-order valence-corrected chi connectivity index (χ4v) is 2.18. The molecule has 0 amide bonds. The van der Waals surface area contributed by atoms with E-state index in [1.54, 1.807) is 6.07 Å². The Hall–Kier alpha value is -2.20. The molecule has 106 valence electrons. The standard InChI is InChI=1S/C13H17N5O2/c1-20-12(19)3-5-17-6-8-18(9-7-17)13-11(10-14)2-4-15-16-13/h2,4H,3,5-9H2,1H3. The van der Waals surface area contributed by atoms with Crippen molar-refractivity contribution in [2.45, 2.75) is 6.42 Å². The van der Waals surface area contributed by atoms with Crippen LogP contribution in [0, 0.1) is 11.3 Å². The van der Waals surface area contributed by atoms with Crippen molar-refractivity contribution in [3.63, 3.8) is 0 Å². The van der Waals surface area contributed by atoms with E-state index in [9.17, 15) is 4.79 Å². The normalized spacial score (nSPS) is 15.7. The number of piperazine rings is 1. The molecule has 2 heterocycles. The minimum Gasteiger partial charge on any atom is -0.469 e. The third-order valence-electron chi connectivity index (χ3n) is 3.35. The first-order chi connectivity index (χ1) is 9.74. The number of aromatic nitrogens is 2. The lowest BCUT2D eigenvalue weighted by atomic mass is 10.2. The van der Waals surface area contributed by atoms with E-state index in [-0.39, 0.29) is 5.97 Å². The van der Waals surface area contributed by atoms with Crippen LogP contribution in [0.1, 0.15) is 12.0 Å². The van der Waals surface area contributed by atoms with E-state index in [4.69, 9.17) is 5.26 Å². The first kappa shape index (κ1) is 14.2. The molecular weight excluding hydrogens is 258 g/mol. The van der Waals surface area contributed by atoms with Crippen LogP contribution in [0.15, 0.2) is 12.3 Å². The third-order valence-corrected chi connectivity index (χ3v) is 3.35. The van der Waals surface area contributed by atoms with Crippen LogP contribution in [0.5, 0.6) is 0 Å². The number of anilines is 1. The number of nitriles is 1. The van der Waals surface area contributed by atoms with Crippen LogP contribution < -0.4 is 4.90 Å². The summed E-state index contributed by atoms with van der Waals surface area (Å²) in [5.41, 5.74) is 0.544. The van der Waals surface area contributed by atoms with Crippen LogP contribution in [0.4, 0.5) is 5.82 Å². The smallest absolute Gasteiger partial charge is 0.306 e. The highest BCUT2D eigenvalue weighted by atomic mass is 16.5. The predicted molar refractivity (Wildman–Crippen MR) is 72.0 cm³/mol. The SMILES string of the molecule is COC(=O)CCN1CCN(c2nnccc2C#N)CC1. The van der Waals surface area contributed by atoms with Gasteiger partial charge in [-0.2, -0.15) is 10.4 Å². The molecule has 0 spiro atoms. The van der Waals surface area contributed by atoms with Crippen molar-refractivity contribution in [3.8, 4) is 6.07 Å². The van der Waals surface area contributed by atoms with Crippen molar-refractivity contribution in [2.24, 2.45) is 0 Å². The van der Waals surface area contributed by atoms with Gasteiger partial charge in [-0.3, -0.25) is 9.69 Å². The molecule has 1 aromatic rings. The number of rotatable bonds is 4. The molecule has 1 aliphatic rings. The monoisotopic (exact) mass is 275 g/mol. The lowest BCUT2D eigenvalue weighted by molar-refractivity contribution is -0.141. The van der Waals surface area contributed by atoms with E-state index in [0.29, 0.717) is 24.3 Å². The summed E-state index contributed by atoms with van der Waals surface area (Å²) < 4.78 is 4.63. The Balaban J connectivity index is 1.88. The minimum absolute atomic E-state index is 0.187. The van der Waals surface area contributed by atoms with Gasteiger partial charge in [0, 0.05) is 32.7 Å². The van der Waals surface area contributed by atoms with Crippen molar-refractivity contribution in [2.75, 3.05) is 44.7 Å². The Bertz CT molecular complexity index is 506. The first-order valence-corrected chi connectivity index (χ1v) is 6.50. The van der Waals surface area contributed by atoms with Crippen molar-refractivity contribution in [3.05, 3.63) is 17.8 Å². The van der Waals surface area contributed by atoms with Gasteiger partial charge in [0.1, 0.15) is 6.07 Å². The fraction of sp³-hybridized carbons (Fsp3) is 0.538. The number of esters is 1. The number of hydrogen-bond acceptors (Lipinski definition) is 7. The predicted octanol–water partition coefficient (Wildman–Crippen LogP) is 0.0334. The second kappa shape index (κ2) is 6.82. The Morgan fingerprint density at radius 1 is 1.45 bits per heavy atom. The summed E-state index contributed by atoms with van der Waals surface area (Å²) in [6.45, 7) is 3.91. The van der Waals surface area contributed by atoms with Crippen LogP contribution in [-0.2, 0) is 9.53 Å². The van der Waals surface area contributed by atoms with Gasteiger partial charge in [-0.05, 0) is 6.07 Å². The van der Waals surface area contributed by atoms with Crippen LogP contribution >= 0.6 is 0 Å². The summed E-state index contributed by atoms with van der Waals surface area (Å²) in [6, 6.07) is 3.81. The highest BCUT2D eigenvalue weighted by Crippen LogP contribution is 2.17. The number of nitrogens with zero attached hydrogens (tertiary/aromatic N) is 5. The van der Waals surface area contributed by atoms with Gasteiger partial charge in [0.05, 0.1) is 25.3 Å². The molecule has 7 heteroatoms. The molecule has 0 saturated carbocycles. The summed E-state index contributed by atoms with van der Waals surface area (Å²) in [5, 5.41) is 17.0. The van der Waals surface area contributed by atoms with Crippen LogP contribution in [0.2, 0.25) is 0 Å². The zero-order valence-corrected chi connectivity index (χ0v) is 11.4. The van der Waals surface area contributed by atoms with Crippen molar-refractivity contribution in [1.82, 2.24) is 15.1 Å². The second-order valence-corrected chi connectivity index (χ2v) is 4.54. The third kappa shape index (κ3) is 3.42. The molecule has 0 atom stereocenters. The van der Waals surface area contributed by atoms with E-state index in [0.717, 1.165) is 26.2 Å². The van der Waals surface area contributed by atoms with E-state index >= 15 is 0 Å². The molecule has 1 fully saturated rings. The average Bonchev–Trinajstić information content (AvgIpc) is 2.53. The van der Waals surface area contributed by atoms with Crippen LogP contribution in [-0.4, -0.2) is 60.9 Å². The molecule has 0 N–H and O–H groups in total. The maximum Gasteiger partial charge on any atom is 0.306 e. The summed E-state index contributed by atoms with van der Waals surface area (Å²) in [6.07, 6.45) is 1.93. The van der Waals surface area contributed by atoms with Gasteiger partial charge in [-0.25, -0.2) is 0 Å². The Morgan fingerprint density at radius 3 is 2.85 bits per heavy atom. The van der Waals surface area contributed by atoms with Gasteiger partial charge >= 0.3 is 5.97 Å². The molecule has 7 nitrogen and oxygen atoms in total. The Morgan fingerprint density at radius 2 is 2.20 bits per heavy atom. The van der Waals surface area contributed by atoms with E-state index in [1.807, 2.05) is 0 Å². The fourth-order valence-electron chi connectivity index (χ4n) is 2.18. The summed E-state index contributed by atoms with van der Waals surface area (Å²) >= 11 is 0. The molecule has 1 aromatic heterocycles. The van der Waals surface area contributed by atoms with Crippen LogP contribution in [0.25, 0.3) is 0 Å². The molecule has 1 saturated heterocycles. The first-order valence-electron chi connectivity index (χ1n) is 6.50. The molecule has 0 radical (unpaired) electrons.